The summed E-state index contributed by atoms with van der Waals surface area (Å²) in [5.74, 6) is 0.876. The van der Waals surface area contributed by atoms with E-state index in [1.54, 1.807) is 0 Å². The van der Waals surface area contributed by atoms with Crippen LogP contribution >= 0.6 is 15.9 Å². The first-order valence-electron chi connectivity index (χ1n) is 7.47. The van der Waals surface area contributed by atoms with Gasteiger partial charge in [0.05, 0.1) is 16.7 Å². The van der Waals surface area contributed by atoms with E-state index in [1.165, 1.54) is 18.4 Å². The molecule has 2 aliphatic rings. The summed E-state index contributed by atoms with van der Waals surface area (Å²) in [6, 6.07) is 1.60. The highest BCUT2D eigenvalue weighted by Crippen LogP contribution is 2.42. The van der Waals surface area contributed by atoms with E-state index in [1.807, 2.05) is 18.6 Å². The van der Waals surface area contributed by atoms with E-state index in [4.69, 9.17) is 0 Å². The smallest absolute Gasteiger partial charge is 0.225 e. The molecule has 2 atom stereocenters. The maximum absolute atomic E-state index is 4.51. The van der Waals surface area contributed by atoms with Crippen LogP contribution in [-0.2, 0) is 0 Å². The molecule has 2 aliphatic heterocycles. The van der Waals surface area contributed by atoms with Crippen molar-refractivity contribution in [3.8, 4) is 0 Å². The van der Waals surface area contributed by atoms with Crippen LogP contribution in [0.15, 0.2) is 29.3 Å². The Bertz CT molecular complexity index is 624. The molecule has 2 aromatic heterocycles. The lowest BCUT2D eigenvalue weighted by molar-refractivity contribution is 0.312. The van der Waals surface area contributed by atoms with Crippen molar-refractivity contribution in [3.63, 3.8) is 0 Å². The molecule has 4 heterocycles. The first-order valence-corrected chi connectivity index (χ1v) is 8.26. The van der Waals surface area contributed by atoms with Crippen LogP contribution in [-0.4, -0.2) is 31.8 Å². The molecule has 5 nitrogen and oxygen atoms in total. The average Bonchev–Trinajstić information content (AvgIpc) is 3.02. The van der Waals surface area contributed by atoms with Crippen LogP contribution < -0.4 is 4.90 Å². The van der Waals surface area contributed by atoms with Crippen molar-refractivity contribution in [3.05, 3.63) is 34.8 Å². The molecule has 0 N–H and O–H groups in total. The number of hydrogen-bond acceptors (Lipinski definition) is 4. The number of anilines is 1. The Morgan fingerprint density at radius 1 is 1.05 bits per heavy atom. The van der Waals surface area contributed by atoms with Crippen molar-refractivity contribution in [2.75, 3.05) is 4.90 Å². The minimum atomic E-state index is 0.517. The van der Waals surface area contributed by atoms with E-state index < -0.39 is 0 Å². The van der Waals surface area contributed by atoms with Crippen LogP contribution in [0.3, 0.4) is 0 Å². The highest BCUT2D eigenvalue weighted by atomic mass is 79.9. The fourth-order valence-electron chi connectivity index (χ4n) is 3.76. The van der Waals surface area contributed by atoms with Gasteiger partial charge in [0.2, 0.25) is 5.95 Å². The third-order valence-corrected chi connectivity index (χ3v) is 5.06. The van der Waals surface area contributed by atoms with E-state index in [0.29, 0.717) is 18.1 Å². The predicted octanol–water partition coefficient (Wildman–Crippen LogP) is 3.12. The zero-order valence-electron chi connectivity index (χ0n) is 12.0. The lowest BCUT2D eigenvalue weighted by Gasteiger charge is -2.39. The fraction of sp³-hybridized carbons (Fsp3) is 0.533. The third-order valence-electron chi connectivity index (χ3n) is 4.65. The van der Waals surface area contributed by atoms with Crippen molar-refractivity contribution in [1.29, 1.82) is 0 Å². The molecule has 4 rings (SSSR count). The third kappa shape index (κ3) is 2.35. The molecule has 2 aromatic rings. The maximum Gasteiger partial charge on any atom is 0.225 e. The number of halogens is 1. The molecule has 0 spiro atoms. The topological polar surface area (TPSA) is 46.8 Å². The van der Waals surface area contributed by atoms with E-state index in [2.05, 4.69) is 53.7 Å². The summed E-state index contributed by atoms with van der Waals surface area (Å²) in [5.41, 5.74) is 1.24. The number of fused-ring (bicyclic) bond motifs is 2. The summed E-state index contributed by atoms with van der Waals surface area (Å²) in [6.07, 6.45) is 12.5. The van der Waals surface area contributed by atoms with Gasteiger partial charge in [0.15, 0.2) is 0 Å². The molecular formula is C15H18BrN5. The van der Waals surface area contributed by atoms with Crippen LogP contribution in [0.4, 0.5) is 5.95 Å². The molecule has 0 amide bonds. The molecule has 2 unspecified atom stereocenters. The molecule has 2 bridgehead atoms. The molecule has 110 valence electrons. The summed E-state index contributed by atoms with van der Waals surface area (Å²) in [5, 5.41) is 4.51. The Kier molecular flexibility index (Phi) is 3.21. The van der Waals surface area contributed by atoms with E-state index in [0.717, 1.165) is 23.3 Å². The van der Waals surface area contributed by atoms with Crippen LogP contribution in [0.25, 0.3) is 0 Å². The molecule has 0 radical (unpaired) electrons. The summed E-state index contributed by atoms with van der Waals surface area (Å²) in [4.78, 5) is 11.4. The summed E-state index contributed by atoms with van der Waals surface area (Å²) in [7, 11) is 0. The summed E-state index contributed by atoms with van der Waals surface area (Å²) >= 11 is 3.40. The van der Waals surface area contributed by atoms with Crippen LogP contribution in [0.1, 0.15) is 37.3 Å². The molecular weight excluding hydrogens is 330 g/mol. The van der Waals surface area contributed by atoms with Gasteiger partial charge in [-0.05, 0) is 54.1 Å². The lowest BCUT2D eigenvalue weighted by Crippen LogP contribution is -2.44. The van der Waals surface area contributed by atoms with Gasteiger partial charge in [0, 0.05) is 30.7 Å². The highest BCUT2D eigenvalue weighted by molar-refractivity contribution is 9.10. The maximum atomic E-state index is 4.51. The van der Waals surface area contributed by atoms with Gasteiger partial charge in [0.1, 0.15) is 0 Å². The van der Waals surface area contributed by atoms with Gasteiger partial charge < -0.3 is 4.90 Å². The van der Waals surface area contributed by atoms with Gasteiger partial charge in [-0.2, -0.15) is 5.10 Å². The number of aryl methyl sites for hydroxylation is 1. The molecule has 2 saturated heterocycles. The van der Waals surface area contributed by atoms with Gasteiger partial charge in [-0.1, -0.05) is 0 Å². The Balaban J connectivity index is 1.57. The summed E-state index contributed by atoms with van der Waals surface area (Å²) < 4.78 is 3.08. The van der Waals surface area contributed by atoms with Crippen LogP contribution in [0.5, 0.6) is 0 Å². The minimum Gasteiger partial charge on any atom is -0.335 e. The predicted molar refractivity (Wildman–Crippen MR) is 84.3 cm³/mol. The van der Waals surface area contributed by atoms with Gasteiger partial charge in [0.25, 0.3) is 0 Å². The summed E-state index contributed by atoms with van der Waals surface area (Å²) in [6.45, 7) is 2.10. The Morgan fingerprint density at radius 2 is 1.71 bits per heavy atom. The number of piperidine rings is 1. The van der Waals surface area contributed by atoms with Gasteiger partial charge in [-0.3, -0.25) is 4.68 Å². The van der Waals surface area contributed by atoms with Crippen molar-refractivity contribution >= 4 is 21.9 Å². The van der Waals surface area contributed by atoms with E-state index in [-0.39, 0.29) is 0 Å². The average molecular weight is 348 g/mol. The van der Waals surface area contributed by atoms with Crippen LogP contribution in [0, 0.1) is 6.92 Å². The molecule has 0 aliphatic carbocycles. The van der Waals surface area contributed by atoms with Gasteiger partial charge in [-0.25, -0.2) is 9.97 Å². The fourth-order valence-corrected chi connectivity index (χ4v) is 3.97. The van der Waals surface area contributed by atoms with E-state index >= 15 is 0 Å². The number of nitrogens with zero attached hydrogens (tertiary/aromatic N) is 5. The van der Waals surface area contributed by atoms with Gasteiger partial charge in [-0.15, -0.1) is 0 Å². The SMILES string of the molecule is Cc1cnn(C2CC3CCC(C2)N3c2ncc(Br)cn2)c1. The van der Waals surface area contributed by atoms with E-state index in [9.17, 15) is 0 Å². The van der Waals surface area contributed by atoms with Gasteiger partial charge >= 0.3 is 0 Å². The first-order chi connectivity index (χ1) is 10.2. The first kappa shape index (κ1) is 13.2. The monoisotopic (exact) mass is 347 g/mol. The minimum absolute atomic E-state index is 0.517. The molecule has 6 heteroatoms. The van der Waals surface area contributed by atoms with Crippen molar-refractivity contribution in [2.24, 2.45) is 0 Å². The number of rotatable bonds is 2. The lowest BCUT2D eigenvalue weighted by atomic mass is 9.98. The quantitative estimate of drug-likeness (QED) is 0.837. The van der Waals surface area contributed by atoms with Crippen molar-refractivity contribution in [1.82, 2.24) is 19.7 Å². The second-order valence-electron chi connectivity index (χ2n) is 6.12. The largest absolute Gasteiger partial charge is 0.335 e. The van der Waals surface area contributed by atoms with Crippen molar-refractivity contribution in [2.45, 2.75) is 50.7 Å². The zero-order valence-corrected chi connectivity index (χ0v) is 13.6. The zero-order chi connectivity index (χ0) is 14.4. The second kappa shape index (κ2) is 5.09. The Labute approximate surface area is 132 Å². The molecule has 0 saturated carbocycles. The molecule has 0 aromatic carbocycles. The number of aromatic nitrogens is 4. The van der Waals surface area contributed by atoms with Crippen molar-refractivity contribution < 1.29 is 0 Å². The Hall–Kier alpha value is -1.43. The highest BCUT2D eigenvalue weighted by Gasteiger charge is 2.42. The number of hydrogen-bond donors (Lipinski definition) is 0. The van der Waals surface area contributed by atoms with Crippen LogP contribution in [0.2, 0.25) is 0 Å². The molecule has 21 heavy (non-hydrogen) atoms. The Morgan fingerprint density at radius 3 is 2.29 bits per heavy atom. The second-order valence-corrected chi connectivity index (χ2v) is 7.03. The standard InChI is InChI=1S/C15H18BrN5/c1-10-6-19-20(9-10)14-4-12-2-3-13(5-14)21(12)15-17-7-11(16)8-18-15/h6-9,12-14H,2-5H2,1H3. The molecule has 2 fully saturated rings. The normalized spacial score (nSPS) is 28.1.